The molecule has 1 aromatic carbocycles. The van der Waals surface area contributed by atoms with E-state index in [0.717, 1.165) is 64.7 Å². The molecule has 0 unspecified atom stereocenters. The molecule has 5 aromatic rings. The van der Waals surface area contributed by atoms with Gasteiger partial charge in [0.15, 0.2) is 5.65 Å². The van der Waals surface area contributed by atoms with Crippen LogP contribution in [-0.2, 0) is 4.79 Å². The highest BCUT2D eigenvalue weighted by atomic mass is 16.1. The lowest BCUT2D eigenvalue weighted by Crippen LogP contribution is -2.30. The number of pyridine rings is 2. The number of carbonyl (C=O) groups is 1. The Kier molecular flexibility index (Phi) is 5.27. The van der Waals surface area contributed by atoms with E-state index in [1.54, 1.807) is 18.6 Å². The molecular weight excluding hydrogens is 426 g/mol. The van der Waals surface area contributed by atoms with E-state index in [9.17, 15) is 4.79 Å². The van der Waals surface area contributed by atoms with E-state index in [1.807, 2.05) is 18.2 Å². The van der Waals surface area contributed by atoms with Gasteiger partial charge in [-0.25, -0.2) is 4.98 Å². The van der Waals surface area contributed by atoms with Crippen LogP contribution in [0.2, 0.25) is 0 Å². The summed E-state index contributed by atoms with van der Waals surface area (Å²) in [6.07, 6.45) is 7.89. The Balaban J connectivity index is 1.27. The molecule has 6 rings (SSSR count). The third-order valence-corrected chi connectivity index (χ3v) is 6.50. The fraction of sp³-hybridized carbons (Fsp3) is 0.231. The number of nitrogens with one attached hydrogen (secondary N) is 4. The second-order valence-corrected chi connectivity index (χ2v) is 8.87. The van der Waals surface area contributed by atoms with Crippen molar-refractivity contribution in [3.05, 3.63) is 61.1 Å². The number of amides is 1. The number of hydrogen-bond donors (Lipinski definition) is 4. The van der Waals surface area contributed by atoms with Crippen molar-refractivity contribution in [2.75, 3.05) is 18.4 Å². The third kappa shape index (κ3) is 4.04. The number of carbonyl (C=O) groups excluding carboxylic acids is 1. The Morgan fingerprint density at radius 2 is 1.88 bits per heavy atom. The zero-order valence-electron chi connectivity index (χ0n) is 18.6. The maximum absolute atomic E-state index is 12.6. The first-order valence-corrected chi connectivity index (χ1v) is 11.6. The molecule has 1 amide bonds. The van der Waals surface area contributed by atoms with Crippen molar-refractivity contribution in [3.63, 3.8) is 0 Å². The molecule has 1 aliphatic heterocycles. The molecule has 0 aliphatic carbocycles. The van der Waals surface area contributed by atoms with Crippen LogP contribution in [0.4, 0.5) is 5.69 Å². The maximum Gasteiger partial charge on any atom is 0.224 e. The zero-order chi connectivity index (χ0) is 22.9. The van der Waals surface area contributed by atoms with Crippen LogP contribution < -0.4 is 10.6 Å². The largest absolute Gasteiger partial charge is 0.353 e. The predicted octanol–water partition coefficient (Wildman–Crippen LogP) is 4.50. The molecule has 4 aromatic heterocycles. The number of anilines is 1. The molecule has 5 heterocycles. The van der Waals surface area contributed by atoms with Crippen molar-refractivity contribution in [1.29, 1.82) is 0 Å². The second-order valence-electron chi connectivity index (χ2n) is 8.87. The standard InChI is InChI=1S/C26H25N7O/c34-24(9-16-5-7-27-8-6-16)30-20-10-18(13-28-15-20)19-11-21-25(32-33-26(21)29-14-19)23-12-17-3-1-2-4-22(17)31-23/h1-4,10-16,27,31H,5-9H2,(H,30,34)(H,29,32,33). The molecule has 8 heteroatoms. The summed E-state index contributed by atoms with van der Waals surface area (Å²) in [5, 5.41) is 15.9. The van der Waals surface area contributed by atoms with Crippen molar-refractivity contribution >= 4 is 33.5 Å². The van der Waals surface area contributed by atoms with Crippen molar-refractivity contribution < 1.29 is 4.79 Å². The number of para-hydroxylation sites is 1. The molecule has 34 heavy (non-hydrogen) atoms. The Morgan fingerprint density at radius 1 is 1.03 bits per heavy atom. The van der Waals surface area contributed by atoms with Crippen LogP contribution in [-0.4, -0.2) is 44.1 Å². The molecule has 0 radical (unpaired) electrons. The van der Waals surface area contributed by atoms with Crippen LogP contribution in [0.3, 0.4) is 0 Å². The Morgan fingerprint density at radius 3 is 2.76 bits per heavy atom. The predicted molar refractivity (Wildman–Crippen MR) is 133 cm³/mol. The minimum Gasteiger partial charge on any atom is -0.353 e. The number of H-pyrrole nitrogens is 2. The highest BCUT2D eigenvalue weighted by Gasteiger charge is 2.17. The van der Waals surface area contributed by atoms with E-state index in [2.05, 4.69) is 60.0 Å². The highest BCUT2D eigenvalue weighted by molar-refractivity contribution is 5.96. The van der Waals surface area contributed by atoms with Gasteiger partial charge in [-0.2, -0.15) is 5.10 Å². The van der Waals surface area contributed by atoms with Gasteiger partial charge < -0.3 is 15.6 Å². The second kappa shape index (κ2) is 8.72. The zero-order valence-corrected chi connectivity index (χ0v) is 18.6. The molecular formula is C26H25N7O. The van der Waals surface area contributed by atoms with E-state index in [4.69, 9.17) is 0 Å². The molecule has 0 atom stereocenters. The van der Waals surface area contributed by atoms with Gasteiger partial charge in [0.25, 0.3) is 0 Å². The first kappa shape index (κ1) is 20.6. The summed E-state index contributed by atoms with van der Waals surface area (Å²) < 4.78 is 0. The number of nitrogens with zero attached hydrogens (tertiary/aromatic N) is 3. The van der Waals surface area contributed by atoms with Crippen molar-refractivity contribution in [3.8, 4) is 22.5 Å². The lowest BCUT2D eigenvalue weighted by atomic mass is 9.94. The van der Waals surface area contributed by atoms with Gasteiger partial charge in [0.2, 0.25) is 5.91 Å². The van der Waals surface area contributed by atoms with E-state index in [0.29, 0.717) is 23.7 Å². The Bertz CT molecular complexity index is 1450. The molecule has 1 saturated heterocycles. The topological polar surface area (TPSA) is 111 Å². The lowest BCUT2D eigenvalue weighted by Gasteiger charge is -2.21. The maximum atomic E-state index is 12.6. The molecule has 1 aliphatic rings. The number of fused-ring (bicyclic) bond motifs is 2. The van der Waals surface area contributed by atoms with Crippen LogP contribution >= 0.6 is 0 Å². The first-order chi connectivity index (χ1) is 16.7. The molecule has 8 nitrogen and oxygen atoms in total. The molecule has 170 valence electrons. The number of rotatable bonds is 5. The third-order valence-electron chi connectivity index (χ3n) is 6.50. The number of hydrogen-bond acceptors (Lipinski definition) is 5. The van der Waals surface area contributed by atoms with Gasteiger partial charge in [-0.1, -0.05) is 18.2 Å². The van der Waals surface area contributed by atoms with Gasteiger partial charge in [-0.05, 0) is 56.1 Å². The minimum atomic E-state index is 0.0374. The van der Waals surface area contributed by atoms with Gasteiger partial charge in [-0.3, -0.25) is 14.9 Å². The van der Waals surface area contributed by atoms with E-state index >= 15 is 0 Å². The minimum absolute atomic E-state index is 0.0374. The van der Waals surface area contributed by atoms with E-state index < -0.39 is 0 Å². The monoisotopic (exact) mass is 451 g/mol. The van der Waals surface area contributed by atoms with E-state index in [1.165, 1.54) is 0 Å². The van der Waals surface area contributed by atoms with Gasteiger partial charge in [-0.15, -0.1) is 0 Å². The van der Waals surface area contributed by atoms with Gasteiger partial charge in [0, 0.05) is 46.2 Å². The quantitative estimate of drug-likeness (QED) is 0.314. The number of aromatic amines is 2. The molecule has 4 N–H and O–H groups in total. The molecule has 0 saturated carbocycles. The molecule has 0 spiro atoms. The van der Waals surface area contributed by atoms with Crippen molar-refractivity contribution in [2.45, 2.75) is 19.3 Å². The summed E-state index contributed by atoms with van der Waals surface area (Å²) in [7, 11) is 0. The van der Waals surface area contributed by atoms with Gasteiger partial charge in [0.1, 0.15) is 0 Å². The highest BCUT2D eigenvalue weighted by Crippen LogP contribution is 2.31. The summed E-state index contributed by atoms with van der Waals surface area (Å²) in [6, 6.07) is 14.3. The fourth-order valence-corrected chi connectivity index (χ4v) is 4.70. The Labute approximate surface area is 196 Å². The number of benzene rings is 1. The van der Waals surface area contributed by atoms with Crippen LogP contribution in [0.25, 0.3) is 44.5 Å². The SMILES string of the molecule is O=C(CC1CCNCC1)Nc1cncc(-c2cnc3n[nH]c(-c4cc5ccccc5[nH]4)c3c2)c1. The summed E-state index contributed by atoms with van der Waals surface area (Å²) in [4.78, 5) is 24.9. The first-order valence-electron chi connectivity index (χ1n) is 11.6. The molecule has 1 fully saturated rings. The van der Waals surface area contributed by atoms with Crippen LogP contribution in [0.15, 0.2) is 61.1 Å². The van der Waals surface area contributed by atoms with Crippen LogP contribution in [0.1, 0.15) is 19.3 Å². The summed E-state index contributed by atoms with van der Waals surface area (Å²) >= 11 is 0. The summed E-state index contributed by atoms with van der Waals surface area (Å²) in [5.74, 6) is 0.475. The average Bonchev–Trinajstić information content (AvgIpc) is 3.48. The smallest absolute Gasteiger partial charge is 0.224 e. The Hall–Kier alpha value is -4.04. The average molecular weight is 452 g/mol. The lowest BCUT2D eigenvalue weighted by molar-refractivity contribution is -0.117. The van der Waals surface area contributed by atoms with Crippen molar-refractivity contribution in [1.82, 2.24) is 30.5 Å². The van der Waals surface area contributed by atoms with Gasteiger partial charge in [0.05, 0.1) is 23.3 Å². The van der Waals surface area contributed by atoms with Gasteiger partial charge >= 0.3 is 0 Å². The van der Waals surface area contributed by atoms with Crippen LogP contribution in [0, 0.1) is 5.92 Å². The number of aromatic nitrogens is 5. The fourth-order valence-electron chi connectivity index (χ4n) is 4.70. The molecule has 0 bridgehead atoms. The normalized spacial score (nSPS) is 14.6. The summed E-state index contributed by atoms with van der Waals surface area (Å²) in [5.41, 5.74) is 6.06. The van der Waals surface area contributed by atoms with Crippen LogP contribution in [0.5, 0.6) is 0 Å². The number of piperidine rings is 1. The van der Waals surface area contributed by atoms with Crippen molar-refractivity contribution in [2.24, 2.45) is 5.92 Å². The van der Waals surface area contributed by atoms with E-state index in [-0.39, 0.29) is 5.91 Å². The summed E-state index contributed by atoms with van der Waals surface area (Å²) in [6.45, 7) is 1.97.